The van der Waals surface area contributed by atoms with E-state index in [1.54, 1.807) is 16.4 Å². The van der Waals surface area contributed by atoms with Crippen LogP contribution < -0.4 is 20.1 Å². The molecule has 9 heteroatoms. The molecule has 1 unspecified atom stereocenters. The third-order valence-electron chi connectivity index (χ3n) is 6.48. The number of amides is 1. The van der Waals surface area contributed by atoms with Crippen molar-refractivity contribution in [1.29, 1.82) is 0 Å². The number of hydrogen-bond acceptors (Lipinski definition) is 7. The predicted molar refractivity (Wildman–Crippen MR) is 159 cm³/mol. The molecule has 0 aliphatic carbocycles. The van der Waals surface area contributed by atoms with Gasteiger partial charge in [-0.3, -0.25) is 4.79 Å². The molecule has 1 atom stereocenters. The SMILES string of the molecule is CCOc1ccccc1NC(=O)C1=C(C)Nc2nc(SCC)nn2C1c1ccc(OCCc2ccccc2)cc1. The number of ether oxygens (including phenoxy) is 2. The number of thioether (sulfide) groups is 1. The van der Waals surface area contributed by atoms with E-state index in [1.165, 1.54) is 5.56 Å². The molecule has 1 aromatic heterocycles. The number of rotatable bonds is 11. The molecule has 2 N–H and O–H groups in total. The number of fused-ring (bicyclic) bond motifs is 1. The van der Waals surface area contributed by atoms with Gasteiger partial charge in [-0.2, -0.15) is 4.98 Å². The first-order valence-electron chi connectivity index (χ1n) is 13.4. The molecule has 1 aliphatic heterocycles. The fourth-order valence-corrected chi connectivity index (χ4v) is 5.20. The quantitative estimate of drug-likeness (QED) is 0.209. The summed E-state index contributed by atoms with van der Waals surface area (Å²) in [6.45, 7) is 6.94. The van der Waals surface area contributed by atoms with E-state index in [2.05, 4.69) is 34.7 Å². The predicted octanol–water partition coefficient (Wildman–Crippen LogP) is 6.34. The van der Waals surface area contributed by atoms with Crippen molar-refractivity contribution < 1.29 is 14.3 Å². The van der Waals surface area contributed by atoms with Gasteiger partial charge in [-0.15, -0.1) is 5.10 Å². The van der Waals surface area contributed by atoms with Crippen molar-refractivity contribution in [3.05, 3.63) is 101 Å². The molecular formula is C31H33N5O3S. The summed E-state index contributed by atoms with van der Waals surface area (Å²) in [4.78, 5) is 18.5. The summed E-state index contributed by atoms with van der Waals surface area (Å²) in [7, 11) is 0. The van der Waals surface area contributed by atoms with Crippen molar-refractivity contribution in [2.75, 3.05) is 29.6 Å². The molecule has 3 aromatic carbocycles. The van der Waals surface area contributed by atoms with Gasteiger partial charge in [0.1, 0.15) is 17.5 Å². The zero-order valence-corrected chi connectivity index (χ0v) is 23.7. The zero-order chi connectivity index (χ0) is 27.9. The number of hydrogen-bond donors (Lipinski definition) is 2. The second-order valence-corrected chi connectivity index (χ2v) is 10.4. The summed E-state index contributed by atoms with van der Waals surface area (Å²) >= 11 is 1.56. The molecule has 2 heterocycles. The maximum Gasteiger partial charge on any atom is 0.255 e. The van der Waals surface area contributed by atoms with Crippen LogP contribution in [0.25, 0.3) is 0 Å². The number of para-hydroxylation sites is 2. The third kappa shape index (κ3) is 6.15. The highest BCUT2D eigenvalue weighted by Gasteiger charge is 2.34. The number of benzene rings is 3. The molecule has 1 amide bonds. The molecule has 0 spiro atoms. The molecule has 0 radical (unpaired) electrons. The van der Waals surface area contributed by atoms with Gasteiger partial charge in [-0.25, -0.2) is 4.68 Å². The van der Waals surface area contributed by atoms with Gasteiger partial charge in [0.05, 0.1) is 24.5 Å². The molecule has 0 saturated carbocycles. The van der Waals surface area contributed by atoms with E-state index in [4.69, 9.17) is 14.6 Å². The molecule has 8 nitrogen and oxygen atoms in total. The van der Waals surface area contributed by atoms with Crippen LogP contribution in [0.2, 0.25) is 0 Å². The second-order valence-electron chi connectivity index (χ2n) is 9.20. The van der Waals surface area contributed by atoms with Gasteiger partial charge in [0.25, 0.3) is 5.91 Å². The van der Waals surface area contributed by atoms with Crippen molar-refractivity contribution in [2.45, 2.75) is 38.4 Å². The minimum Gasteiger partial charge on any atom is -0.493 e. The summed E-state index contributed by atoms with van der Waals surface area (Å²) < 4.78 is 13.5. The van der Waals surface area contributed by atoms with Crippen LogP contribution in [0, 0.1) is 0 Å². The van der Waals surface area contributed by atoms with Crippen LogP contribution in [0.4, 0.5) is 11.6 Å². The van der Waals surface area contributed by atoms with Gasteiger partial charge in [-0.1, -0.05) is 73.3 Å². The fourth-order valence-electron chi connectivity index (χ4n) is 4.64. The molecule has 1 aliphatic rings. The Balaban J connectivity index is 1.42. The largest absolute Gasteiger partial charge is 0.493 e. The van der Waals surface area contributed by atoms with Crippen molar-refractivity contribution >= 4 is 29.3 Å². The first kappa shape index (κ1) is 27.3. The molecule has 206 valence electrons. The summed E-state index contributed by atoms with van der Waals surface area (Å²) in [6.07, 6.45) is 0.826. The summed E-state index contributed by atoms with van der Waals surface area (Å²) in [5.41, 5.74) is 4.01. The van der Waals surface area contributed by atoms with E-state index in [0.29, 0.717) is 47.0 Å². The molecule has 4 aromatic rings. The van der Waals surface area contributed by atoms with Gasteiger partial charge in [0.15, 0.2) is 0 Å². The Morgan fingerprint density at radius 1 is 1.00 bits per heavy atom. The normalized spacial score (nSPS) is 14.3. The van der Waals surface area contributed by atoms with E-state index < -0.39 is 6.04 Å². The molecule has 0 fully saturated rings. The van der Waals surface area contributed by atoms with Gasteiger partial charge in [0.2, 0.25) is 11.1 Å². The van der Waals surface area contributed by atoms with Crippen LogP contribution >= 0.6 is 11.8 Å². The zero-order valence-electron chi connectivity index (χ0n) is 22.9. The number of aromatic nitrogens is 3. The Labute approximate surface area is 238 Å². The van der Waals surface area contributed by atoms with E-state index in [9.17, 15) is 4.79 Å². The van der Waals surface area contributed by atoms with E-state index in [-0.39, 0.29) is 5.91 Å². The highest BCUT2D eigenvalue weighted by Crippen LogP contribution is 2.37. The van der Waals surface area contributed by atoms with Crippen molar-refractivity contribution in [2.24, 2.45) is 0 Å². The van der Waals surface area contributed by atoms with Crippen LogP contribution in [0.5, 0.6) is 11.5 Å². The Kier molecular flexibility index (Phi) is 8.71. The van der Waals surface area contributed by atoms with Crippen molar-refractivity contribution in [1.82, 2.24) is 14.8 Å². The van der Waals surface area contributed by atoms with Crippen LogP contribution in [0.15, 0.2) is 95.3 Å². The van der Waals surface area contributed by atoms with Crippen LogP contribution in [0.3, 0.4) is 0 Å². The Morgan fingerprint density at radius 3 is 2.50 bits per heavy atom. The minimum atomic E-state index is -0.479. The Bertz CT molecular complexity index is 1480. The molecule has 5 rings (SSSR count). The van der Waals surface area contributed by atoms with Gasteiger partial charge in [-0.05, 0) is 55.0 Å². The Morgan fingerprint density at radius 2 is 1.75 bits per heavy atom. The highest BCUT2D eigenvalue weighted by atomic mass is 32.2. The van der Waals surface area contributed by atoms with Gasteiger partial charge in [0, 0.05) is 12.1 Å². The number of nitrogens with zero attached hydrogens (tertiary/aromatic N) is 3. The average molecular weight is 556 g/mol. The van der Waals surface area contributed by atoms with E-state index >= 15 is 0 Å². The number of carbonyl (C=O) groups excluding carboxylic acids is 1. The minimum absolute atomic E-state index is 0.240. The standard InChI is InChI=1S/C31H33N5O3S/c1-4-38-26-14-10-9-13-25(26)33-29(37)27-21(3)32-30-34-31(40-5-2)35-36(30)28(27)23-15-17-24(18-16-23)39-20-19-22-11-7-6-8-12-22/h6-18,28H,4-5,19-20H2,1-3H3,(H,33,37)(H,32,34,35). The third-order valence-corrected chi connectivity index (χ3v) is 7.20. The Hall–Kier alpha value is -4.24. The smallest absolute Gasteiger partial charge is 0.255 e. The summed E-state index contributed by atoms with van der Waals surface area (Å²) in [5.74, 6) is 2.60. The summed E-state index contributed by atoms with van der Waals surface area (Å²) in [6, 6.07) is 25.1. The number of nitrogens with one attached hydrogen (secondary N) is 2. The fraction of sp³-hybridized carbons (Fsp3) is 0.258. The molecule has 0 saturated heterocycles. The maximum atomic E-state index is 13.8. The second kappa shape index (κ2) is 12.7. The lowest BCUT2D eigenvalue weighted by molar-refractivity contribution is -0.113. The lowest BCUT2D eigenvalue weighted by Gasteiger charge is -2.29. The van der Waals surface area contributed by atoms with E-state index in [0.717, 1.165) is 23.5 Å². The van der Waals surface area contributed by atoms with Crippen LogP contribution in [0.1, 0.15) is 37.9 Å². The highest BCUT2D eigenvalue weighted by molar-refractivity contribution is 7.99. The molecular weight excluding hydrogens is 522 g/mol. The average Bonchev–Trinajstić information content (AvgIpc) is 3.36. The molecule has 40 heavy (non-hydrogen) atoms. The number of allylic oxidation sites excluding steroid dienone is 1. The van der Waals surface area contributed by atoms with E-state index in [1.807, 2.05) is 80.6 Å². The van der Waals surface area contributed by atoms with Gasteiger partial charge < -0.3 is 20.1 Å². The first-order valence-corrected chi connectivity index (χ1v) is 14.4. The maximum absolute atomic E-state index is 13.8. The topological polar surface area (TPSA) is 90.3 Å². The summed E-state index contributed by atoms with van der Waals surface area (Å²) in [5, 5.41) is 11.8. The van der Waals surface area contributed by atoms with Gasteiger partial charge >= 0.3 is 0 Å². The lowest BCUT2D eigenvalue weighted by Crippen LogP contribution is -2.31. The number of carbonyl (C=O) groups is 1. The van der Waals surface area contributed by atoms with Crippen molar-refractivity contribution in [3.63, 3.8) is 0 Å². The van der Waals surface area contributed by atoms with Crippen LogP contribution in [-0.4, -0.2) is 39.6 Å². The number of anilines is 2. The van der Waals surface area contributed by atoms with Crippen LogP contribution in [-0.2, 0) is 11.2 Å². The lowest BCUT2D eigenvalue weighted by atomic mass is 9.95. The monoisotopic (exact) mass is 555 g/mol. The van der Waals surface area contributed by atoms with Crippen molar-refractivity contribution in [3.8, 4) is 11.5 Å². The first-order chi connectivity index (χ1) is 19.6. The molecule has 0 bridgehead atoms.